The van der Waals surface area contributed by atoms with E-state index in [9.17, 15) is 9.59 Å². The van der Waals surface area contributed by atoms with Crippen molar-refractivity contribution in [3.05, 3.63) is 40.9 Å². The first-order valence-corrected chi connectivity index (χ1v) is 8.64. The quantitative estimate of drug-likeness (QED) is 0.606. The summed E-state index contributed by atoms with van der Waals surface area (Å²) in [6, 6.07) is 9.55. The SMILES string of the molecule is COc1cc(OC)c(NC(=O)N(S)c2ccc(NC(C)=O)cc2)cc1Br. The second-order valence-corrected chi connectivity index (χ2v) is 6.41. The summed E-state index contributed by atoms with van der Waals surface area (Å²) in [5, 5.41) is 5.38. The van der Waals surface area contributed by atoms with Crippen LogP contribution in [0.2, 0.25) is 0 Å². The average molecular weight is 440 g/mol. The number of nitrogens with zero attached hydrogens (tertiary/aromatic N) is 1. The molecule has 2 aromatic rings. The number of carbonyl (C=O) groups excluding carboxylic acids is 2. The van der Waals surface area contributed by atoms with Crippen molar-refractivity contribution in [2.24, 2.45) is 0 Å². The molecule has 9 heteroatoms. The zero-order valence-corrected chi connectivity index (χ0v) is 16.8. The largest absolute Gasteiger partial charge is 0.495 e. The van der Waals surface area contributed by atoms with Gasteiger partial charge in [-0.25, -0.2) is 9.10 Å². The minimum Gasteiger partial charge on any atom is -0.495 e. The second kappa shape index (κ2) is 8.81. The molecule has 0 aliphatic heterocycles. The van der Waals surface area contributed by atoms with E-state index in [1.165, 1.54) is 21.1 Å². The van der Waals surface area contributed by atoms with Gasteiger partial charge >= 0.3 is 6.03 Å². The van der Waals surface area contributed by atoms with E-state index in [2.05, 4.69) is 39.4 Å². The first kappa shape index (κ1) is 19.9. The lowest BCUT2D eigenvalue weighted by Gasteiger charge is -2.19. The molecular weight excluding hydrogens is 422 g/mol. The molecule has 0 heterocycles. The van der Waals surface area contributed by atoms with Crippen molar-refractivity contribution < 1.29 is 19.1 Å². The number of ether oxygens (including phenoxy) is 2. The summed E-state index contributed by atoms with van der Waals surface area (Å²) in [7, 11) is 3.04. The molecule has 0 aromatic heterocycles. The minimum absolute atomic E-state index is 0.171. The molecule has 0 aliphatic carbocycles. The van der Waals surface area contributed by atoms with E-state index in [0.717, 1.165) is 4.31 Å². The Morgan fingerprint density at radius 1 is 1.04 bits per heavy atom. The lowest BCUT2D eigenvalue weighted by Crippen LogP contribution is -2.27. The topological polar surface area (TPSA) is 79.9 Å². The molecular formula is C17H18BrN3O4S. The molecule has 0 atom stereocenters. The highest BCUT2D eigenvalue weighted by molar-refractivity contribution is 9.10. The van der Waals surface area contributed by atoms with Crippen LogP contribution in [-0.2, 0) is 4.79 Å². The monoisotopic (exact) mass is 439 g/mol. The Balaban J connectivity index is 2.16. The molecule has 0 fully saturated rings. The molecule has 0 saturated carbocycles. The number of urea groups is 1. The van der Waals surface area contributed by atoms with Gasteiger partial charge in [0.25, 0.3) is 0 Å². The Labute approximate surface area is 165 Å². The maximum absolute atomic E-state index is 12.5. The molecule has 0 radical (unpaired) electrons. The molecule has 138 valence electrons. The van der Waals surface area contributed by atoms with Crippen LogP contribution in [0.15, 0.2) is 40.9 Å². The smallest absolute Gasteiger partial charge is 0.336 e. The molecule has 0 saturated heterocycles. The van der Waals surface area contributed by atoms with Gasteiger partial charge in [0.15, 0.2) is 0 Å². The normalized spacial score (nSPS) is 10.0. The van der Waals surface area contributed by atoms with Crippen molar-refractivity contribution in [3.63, 3.8) is 0 Å². The maximum Gasteiger partial charge on any atom is 0.336 e. The first-order chi connectivity index (χ1) is 12.3. The van der Waals surface area contributed by atoms with Crippen LogP contribution in [0.25, 0.3) is 0 Å². The van der Waals surface area contributed by atoms with Crippen LogP contribution in [0.5, 0.6) is 11.5 Å². The Kier molecular flexibility index (Phi) is 6.76. The van der Waals surface area contributed by atoms with E-state index < -0.39 is 6.03 Å². The molecule has 2 rings (SSSR count). The highest BCUT2D eigenvalue weighted by atomic mass is 79.9. The van der Waals surface area contributed by atoms with Crippen LogP contribution in [-0.4, -0.2) is 26.2 Å². The molecule has 0 unspecified atom stereocenters. The van der Waals surface area contributed by atoms with Gasteiger partial charge < -0.3 is 20.1 Å². The Hall–Kier alpha value is -2.39. The predicted molar refractivity (Wildman–Crippen MR) is 108 cm³/mol. The molecule has 2 N–H and O–H groups in total. The Bertz CT molecular complexity index is 814. The number of nitrogens with one attached hydrogen (secondary N) is 2. The zero-order chi connectivity index (χ0) is 19.3. The number of hydrogen-bond acceptors (Lipinski definition) is 5. The summed E-state index contributed by atoms with van der Waals surface area (Å²) in [5.74, 6) is 0.854. The summed E-state index contributed by atoms with van der Waals surface area (Å²) < 4.78 is 12.3. The van der Waals surface area contributed by atoms with Gasteiger partial charge in [0.05, 0.1) is 30.1 Å². The zero-order valence-electron chi connectivity index (χ0n) is 14.4. The van der Waals surface area contributed by atoms with Gasteiger partial charge in [-0.05, 0) is 46.3 Å². The fraction of sp³-hybridized carbons (Fsp3) is 0.176. The number of carbonyl (C=O) groups is 2. The third kappa shape index (κ3) is 4.83. The van der Waals surface area contributed by atoms with Gasteiger partial charge in [0, 0.05) is 18.7 Å². The second-order valence-electron chi connectivity index (χ2n) is 5.16. The van der Waals surface area contributed by atoms with E-state index in [1.807, 2.05) is 0 Å². The van der Waals surface area contributed by atoms with E-state index >= 15 is 0 Å². The summed E-state index contributed by atoms with van der Waals surface area (Å²) in [6.45, 7) is 1.42. The van der Waals surface area contributed by atoms with Gasteiger partial charge in [-0.3, -0.25) is 4.79 Å². The van der Waals surface area contributed by atoms with Crippen molar-refractivity contribution >= 4 is 57.7 Å². The van der Waals surface area contributed by atoms with Crippen LogP contribution < -0.4 is 24.4 Å². The summed E-state index contributed by atoms with van der Waals surface area (Å²) in [5.41, 5.74) is 1.62. The maximum atomic E-state index is 12.5. The number of thiol groups is 1. The van der Waals surface area contributed by atoms with Gasteiger partial charge in [-0.1, -0.05) is 12.8 Å². The van der Waals surface area contributed by atoms with Gasteiger partial charge in [0.2, 0.25) is 5.91 Å². The molecule has 0 aliphatic rings. The van der Waals surface area contributed by atoms with Gasteiger partial charge in [-0.2, -0.15) is 0 Å². The molecule has 26 heavy (non-hydrogen) atoms. The third-order valence-electron chi connectivity index (χ3n) is 3.34. The van der Waals surface area contributed by atoms with E-state index in [-0.39, 0.29) is 5.91 Å². The summed E-state index contributed by atoms with van der Waals surface area (Å²) in [6.07, 6.45) is 0. The highest BCUT2D eigenvalue weighted by Gasteiger charge is 2.16. The average Bonchev–Trinajstić information content (AvgIpc) is 2.61. The number of amides is 3. The van der Waals surface area contributed by atoms with Crippen LogP contribution in [0.3, 0.4) is 0 Å². The molecule has 2 aromatic carbocycles. The van der Waals surface area contributed by atoms with Gasteiger partial charge in [-0.15, -0.1) is 0 Å². The number of benzene rings is 2. The molecule has 0 bridgehead atoms. The van der Waals surface area contributed by atoms with E-state index in [4.69, 9.17) is 9.47 Å². The lowest BCUT2D eigenvalue weighted by molar-refractivity contribution is -0.114. The van der Waals surface area contributed by atoms with Crippen molar-refractivity contribution in [1.82, 2.24) is 0 Å². The minimum atomic E-state index is -0.476. The highest BCUT2D eigenvalue weighted by Crippen LogP contribution is 2.36. The lowest BCUT2D eigenvalue weighted by atomic mass is 10.2. The van der Waals surface area contributed by atoms with Crippen molar-refractivity contribution in [3.8, 4) is 11.5 Å². The number of anilines is 3. The molecule has 0 spiro atoms. The predicted octanol–water partition coefficient (Wildman–Crippen LogP) is 4.31. The number of halogens is 1. The van der Waals surface area contributed by atoms with Crippen molar-refractivity contribution in [2.45, 2.75) is 6.92 Å². The number of hydrogen-bond donors (Lipinski definition) is 3. The summed E-state index contributed by atoms with van der Waals surface area (Å²) in [4.78, 5) is 23.5. The number of methoxy groups -OCH3 is 2. The standard InChI is InChI=1S/C17H18BrN3O4S/c1-10(22)19-11-4-6-12(7-5-11)21(26)17(23)20-14-8-13(18)15(24-2)9-16(14)25-3/h4-9,26H,1-3H3,(H,19,22)(H,20,23). The summed E-state index contributed by atoms with van der Waals surface area (Å²) >= 11 is 7.60. The Morgan fingerprint density at radius 3 is 2.19 bits per heavy atom. The first-order valence-electron chi connectivity index (χ1n) is 7.45. The fourth-order valence-corrected chi connectivity index (χ4v) is 2.82. The van der Waals surface area contributed by atoms with E-state index in [1.54, 1.807) is 36.4 Å². The van der Waals surface area contributed by atoms with Crippen molar-refractivity contribution in [2.75, 3.05) is 29.2 Å². The molecule has 7 nitrogen and oxygen atoms in total. The van der Waals surface area contributed by atoms with Crippen LogP contribution in [0, 0.1) is 0 Å². The molecule has 3 amide bonds. The van der Waals surface area contributed by atoms with Crippen LogP contribution >= 0.6 is 28.7 Å². The van der Waals surface area contributed by atoms with Gasteiger partial charge in [0.1, 0.15) is 11.5 Å². The van der Waals surface area contributed by atoms with E-state index in [0.29, 0.717) is 33.0 Å². The van der Waals surface area contributed by atoms with Crippen LogP contribution in [0.4, 0.5) is 21.9 Å². The Morgan fingerprint density at radius 2 is 1.65 bits per heavy atom. The van der Waals surface area contributed by atoms with Crippen LogP contribution in [0.1, 0.15) is 6.92 Å². The fourth-order valence-electron chi connectivity index (χ4n) is 2.13. The number of rotatable bonds is 5. The third-order valence-corrected chi connectivity index (χ3v) is 4.37. The van der Waals surface area contributed by atoms with Crippen molar-refractivity contribution in [1.29, 1.82) is 0 Å².